The second-order valence-corrected chi connectivity index (χ2v) is 5.40. The van der Waals surface area contributed by atoms with Gasteiger partial charge in [-0.15, -0.1) is 11.3 Å². The number of thiophene rings is 1. The molecule has 0 saturated heterocycles. The van der Waals surface area contributed by atoms with E-state index in [1.54, 1.807) is 11.3 Å². The first-order chi connectivity index (χ1) is 8.75. The summed E-state index contributed by atoms with van der Waals surface area (Å²) >= 11 is 1.61. The highest BCUT2D eigenvalue weighted by atomic mass is 32.1. The molecule has 2 heteroatoms. The van der Waals surface area contributed by atoms with Crippen molar-refractivity contribution >= 4 is 27.9 Å². The predicted octanol–water partition coefficient (Wildman–Crippen LogP) is 4.44. The zero-order valence-electron chi connectivity index (χ0n) is 10.0. The fraction of sp³-hybridized carbons (Fsp3) is 0.0625. The smallest absolute Gasteiger partial charge is 0.194 e. The van der Waals surface area contributed by atoms with Crippen molar-refractivity contribution in [1.29, 1.82) is 0 Å². The van der Waals surface area contributed by atoms with Crippen LogP contribution in [0, 0.1) is 6.92 Å². The van der Waals surface area contributed by atoms with Crippen LogP contribution in [-0.2, 0) is 0 Å². The quantitative estimate of drug-likeness (QED) is 0.616. The molecule has 3 rings (SSSR count). The molecule has 0 aliphatic heterocycles. The van der Waals surface area contributed by atoms with Gasteiger partial charge in [0.05, 0.1) is 0 Å². The van der Waals surface area contributed by atoms with Gasteiger partial charge in [0, 0.05) is 16.0 Å². The number of ketones is 1. The van der Waals surface area contributed by atoms with Gasteiger partial charge in [-0.25, -0.2) is 0 Å². The number of rotatable bonds is 2. The largest absolute Gasteiger partial charge is 0.289 e. The van der Waals surface area contributed by atoms with Gasteiger partial charge in [0.1, 0.15) is 0 Å². The van der Waals surface area contributed by atoms with Crippen molar-refractivity contribution in [3.63, 3.8) is 0 Å². The molecule has 0 amide bonds. The van der Waals surface area contributed by atoms with Crippen LogP contribution < -0.4 is 0 Å². The van der Waals surface area contributed by atoms with Crippen molar-refractivity contribution in [1.82, 2.24) is 0 Å². The molecule has 1 heterocycles. The molecule has 0 N–H and O–H groups in total. The maximum absolute atomic E-state index is 12.4. The number of carbonyl (C=O) groups excluding carboxylic acids is 1. The van der Waals surface area contributed by atoms with E-state index in [0.29, 0.717) is 0 Å². The fourth-order valence-corrected chi connectivity index (χ4v) is 2.80. The van der Waals surface area contributed by atoms with Gasteiger partial charge in [0.25, 0.3) is 0 Å². The summed E-state index contributed by atoms with van der Waals surface area (Å²) in [5.41, 5.74) is 1.57. The molecule has 0 spiro atoms. The molecule has 0 radical (unpaired) electrons. The summed E-state index contributed by atoms with van der Waals surface area (Å²) < 4.78 is 0. The standard InChI is InChI=1S/C16H12OS/c1-11-15(8-9-18-11)16(17)14-7-6-12-4-2-3-5-13(12)10-14/h2-10H,1H3. The first-order valence-corrected chi connectivity index (χ1v) is 6.71. The highest BCUT2D eigenvalue weighted by Crippen LogP contribution is 2.22. The van der Waals surface area contributed by atoms with Crippen molar-refractivity contribution in [2.45, 2.75) is 6.92 Å². The Kier molecular flexibility index (Phi) is 2.73. The Balaban J connectivity index is 2.10. The Bertz CT molecular complexity index is 725. The minimum absolute atomic E-state index is 0.111. The molecule has 0 aliphatic carbocycles. The van der Waals surface area contributed by atoms with Crippen LogP contribution in [0.1, 0.15) is 20.8 Å². The summed E-state index contributed by atoms with van der Waals surface area (Å²) in [4.78, 5) is 13.5. The molecule has 0 fully saturated rings. The summed E-state index contributed by atoms with van der Waals surface area (Å²) in [6.45, 7) is 1.99. The molecular weight excluding hydrogens is 240 g/mol. The molecule has 3 aromatic rings. The van der Waals surface area contributed by atoms with Crippen molar-refractivity contribution in [2.75, 3.05) is 0 Å². The van der Waals surface area contributed by atoms with Crippen LogP contribution in [0.25, 0.3) is 10.8 Å². The summed E-state index contributed by atoms with van der Waals surface area (Å²) in [7, 11) is 0. The van der Waals surface area contributed by atoms with Crippen LogP contribution in [0.2, 0.25) is 0 Å². The fourth-order valence-electron chi connectivity index (χ4n) is 2.11. The zero-order valence-corrected chi connectivity index (χ0v) is 10.8. The number of aryl methyl sites for hydroxylation is 1. The SMILES string of the molecule is Cc1sccc1C(=O)c1ccc2ccccc2c1. The predicted molar refractivity (Wildman–Crippen MR) is 76.4 cm³/mol. The Hall–Kier alpha value is -1.93. The maximum Gasteiger partial charge on any atom is 0.194 e. The van der Waals surface area contributed by atoms with E-state index in [9.17, 15) is 4.79 Å². The van der Waals surface area contributed by atoms with Crippen LogP contribution in [0.5, 0.6) is 0 Å². The van der Waals surface area contributed by atoms with E-state index in [4.69, 9.17) is 0 Å². The maximum atomic E-state index is 12.4. The summed E-state index contributed by atoms with van der Waals surface area (Å²) in [6, 6.07) is 15.9. The lowest BCUT2D eigenvalue weighted by molar-refractivity contribution is 0.103. The average Bonchev–Trinajstić information content (AvgIpc) is 2.83. The molecule has 0 saturated carbocycles. The van der Waals surface area contributed by atoms with Gasteiger partial charge in [-0.3, -0.25) is 4.79 Å². The van der Waals surface area contributed by atoms with Crippen LogP contribution in [0.4, 0.5) is 0 Å². The Morgan fingerprint density at radius 2 is 1.78 bits per heavy atom. The third-order valence-electron chi connectivity index (χ3n) is 3.12. The van der Waals surface area contributed by atoms with Gasteiger partial charge in [0.15, 0.2) is 5.78 Å². The average molecular weight is 252 g/mol. The van der Waals surface area contributed by atoms with Gasteiger partial charge >= 0.3 is 0 Å². The minimum atomic E-state index is 0.111. The lowest BCUT2D eigenvalue weighted by Gasteiger charge is -2.03. The highest BCUT2D eigenvalue weighted by molar-refractivity contribution is 7.10. The van der Waals surface area contributed by atoms with E-state index in [2.05, 4.69) is 6.07 Å². The topological polar surface area (TPSA) is 17.1 Å². The van der Waals surface area contributed by atoms with Gasteiger partial charge in [-0.2, -0.15) is 0 Å². The van der Waals surface area contributed by atoms with E-state index in [0.717, 1.165) is 26.8 Å². The molecule has 0 atom stereocenters. The normalized spacial score (nSPS) is 10.7. The van der Waals surface area contributed by atoms with E-state index < -0.39 is 0 Å². The lowest BCUT2D eigenvalue weighted by Crippen LogP contribution is -2.00. The lowest BCUT2D eigenvalue weighted by atomic mass is 10.0. The van der Waals surface area contributed by atoms with Crippen LogP contribution >= 0.6 is 11.3 Å². The second kappa shape index (κ2) is 4.39. The summed E-state index contributed by atoms with van der Waals surface area (Å²) in [5.74, 6) is 0.111. The third-order valence-corrected chi connectivity index (χ3v) is 3.96. The van der Waals surface area contributed by atoms with Crippen molar-refractivity contribution in [3.05, 3.63) is 69.9 Å². The van der Waals surface area contributed by atoms with Gasteiger partial charge < -0.3 is 0 Å². The van der Waals surface area contributed by atoms with Gasteiger partial charge in [0.2, 0.25) is 0 Å². The number of carbonyl (C=O) groups is 1. The second-order valence-electron chi connectivity index (χ2n) is 4.28. The monoisotopic (exact) mass is 252 g/mol. The molecule has 88 valence electrons. The Labute approximate surface area is 110 Å². The Morgan fingerprint density at radius 3 is 2.50 bits per heavy atom. The van der Waals surface area contributed by atoms with Crippen molar-refractivity contribution in [3.8, 4) is 0 Å². The van der Waals surface area contributed by atoms with Crippen LogP contribution in [0.15, 0.2) is 53.9 Å². The van der Waals surface area contributed by atoms with E-state index in [1.807, 2.05) is 54.8 Å². The van der Waals surface area contributed by atoms with Crippen LogP contribution in [-0.4, -0.2) is 5.78 Å². The zero-order chi connectivity index (χ0) is 12.5. The molecular formula is C16H12OS. The highest BCUT2D eigenvalue weighted by Gasteiger charge is 2.12. The first kappa shape index (κ1) is 11.2. The van der Waals surface area contributed by atoms with Gasteiger partial charge in [-0.1, -0.05) is 36.4 Å². The van der Waals surface area contributed by atoms with Gasteiger partial charge in [-0.05, 0) is 35.2 Å². The molecule has 2 aromatic carbocycles. The molecule has 0 bridgehead atoms. The molecule has 0 aliphatic rings. The molecule has 0 unspecified atom stereocenters. The number of hydrogen-bond donors (Lipinski definition) is 0. The van der Waals surface area contributed by atoms with Crippen molar-refractivity contribution in [2.24, 2.45) is 0 Å². The minimum Gasteiger partial charge on any atom is -0.289 e. The number of benzene rings is 2. The molecule has 18 heavy (non-hydrogen) atoms. The van der Waals surface area contributed by atoms with Crippen molar-refractivity contribution < 1.29 is 4.79 Å². The molecule has 1 nitrogen and oxygen atoms in total. The number of fused-ring (bicyclic) bond motifs is 1. The van der Waals surface area contributed by atoms with E-state index >= 15 is 0 Å². The third kappa shape index (κ3) is 1.85. The van der Waals surface area contributed by atoms with Crippen LogP contribution in [0.3, 0.4) is 0 Å². The first-order valence-electron chi connectivity index (χ1n) is 5.83. The number of hydrogen-bond acceptors (Lipinski definition) is 2. The molecule has 1 aromatic heterocycles. The van der Waals surface area contributed by atoms with E-state index in [-0.39, 0.29) is 5.78 Å². The Morgan fingerprint density at radius 1 is 1.00 bits per heavy atom. The van der Waals surface area contributed by atoms with E-state index in [1.165, 1.54) is 0 Å². The summed E-state index contributed by atoms with van der Waals surface area (Å²) in [5, 5.41) is 4.23. The summed E-state index contributed by atoms with van der Waals surface area (Å²) in [6.07, 6.45) is 0.